The molecule has 3 rings (SSSR count). The minimum absolute atomic E-state index is 0.138. The molecule has 0 aliphatic rings. The van der Waals surface area contributed by atoms with Gasteiger partial charge in [-0.25, -0.2) is 14.8 Å². The van der Waals surface area contributed by atoms with Crippen molar-refractivity contribution in [1.29, 1.82) is 0 Å². The number of hydrogen-bond donors (Lipinski definition) is 1. The van der Waals surface area contributed by atoms with Crippen LogP contribution in [0.2, 0.25) is 0 Å². The summed E-state index contributed by atoms with van der Waals surface area (Å²) < 4.78 is 2.24. The molecule has 8 nitrogen and oxygen atoms in total. The van der Waals surface area contributed by atoms with E-state index in [9.17, 15) is 14.4 Å². The van der Waals surface area contributed by atoms with Gasteiger partial charge in [-0.05, 0) is 26.0 Å². The quantitative estimate of drug-likeness (QED) is 0.535. The summed E-state index contributed by atoms with van der Waals surface area (Å²) in [5, 5.41) is 9.41. The summed E-state index contributed by atoms with van der Waals surface area (Å²) in [6, 6.07) is 5.81. The molecule has 0 radical (unpaired) electrons. The number of benzene rings is 1. The highest BCUT2D eigenvalue weighted by Gasteiger charge is 2.19. The van der Waals surface area contributed by atoms with Crippen LogP contribution in [0.5, 0.6) is 0 Å². The topological polar surface area (TPSA) is 107 Å². The zero-order valence-corrected chi connectivity index (χ0v) is 16.1. The third-order valence-corrected chi connectivity index (χ3v) is 5.04. The van der Waals surface area contributed by atoms with Crippen molar-refractivity contribution in [2.75, 3.05) is 5.75 Å². The first-order chi connectivity index (χ1) is 12.7. The van der Waals surface area contributed by atoms with Crippen molar-refractivity contribution < 1.29 is 9.90 Å². The number of hydrogen-bond acceptors (Lipinski definition) is 6. The van der Waals surface area contributed by atoms with Gasteiger partial charge in [-0.1, -0.05) is 29.0 Å². The predicted molar refractivity (Wildman–Crippen MR) is 103 cm³/mol. The molecule has 0 aliphatic carbocycles. The van der Waals surface area contributed by atoms with Gasteiger partial charge in [-0.2, -0.15) is 0 Å². The SMILES string of the molecule is Cc1cc(C)cc(-c2nc(SCC(=O)O)c3c(=O)n(C)c(=O)n(C)c3n2)c1. The summed E-state index contributed by atoms with van der Waals surface area (Å²) in [7, 11) is 2.89. The second-order valence-corrected chi connectivity index (χ2v) is 7.28. The van der Waals surface area contributed by atoms with E-state index in [4.69, 9.17) is 5.11 Å². The van der Waals surface area contributed by atoms with Crippen LogP contribution in [-0.4, -0.2) is 35.9 Å². The van der Waals surface area contributed by atoms with Gasteiger partial charge >= 0.3 is 11.7 Å². The maximum atomic E-state index is 12.6. The van der Waals surface area contributed by atoms with Crippen molar-refractivity contribution in [3.63, 3.8) is 0 Å². The molecule has 0 amide bonds. The van der Waals surface area contributed by atoms with Gasteiger partial charge < -0.3 is 5.11 Å². The van der Waals surface area contributed by atoms with Crippen molar-refractivity contribution in [2.24, 2.45) is 14.1 Å². The molecule has 140 valence electrons. The molecule has 9 heteroatoms. The number of aromatic nitrogens is 4. The van der Waals surface area contributed by atoms with Crippen LogP contribution in [-0.2, 0) is 18.9 Å². The van der Waals surface area contributed by atoms with Crippen molar-refractivity contribution in [1.82, 2.24) is 19.1 Å². The van der Waals surface area contributed by atoms with Gasteiger partial charge in [0.1, 0.15) is 10.4 Å². The van der Waals surface area contributed by atoms with E-state index in [2.05, 4.69) is 9.97 Å². The van der Waals surface area contributed by atoms with Gasteiger partial charge in [-0.15, -0.1) is 0 Å². The van der Waals surface area contributed by atoms with Crippen LogP contribution in [0.4, 0.5) is 0 Å². The minimum Gasteiger partial charge on any atom is -0.481 e. The highest BCUT2D eigenvalue weighted by molar-refractivity contribution is 8.00. The zero-order chi connectivity index (χ0) is 19.9. The Balaban J connectivity index is 2.39. The molecule has 0 aliphatic heterocycles. The number of carboxylic acid groups (broad SMARTS) is 1. The first kappa shape index (κ1) is 18.8. The van der Waals surface area contributed by atoms with Gasteiger partial charge in [0, 0.05) is 19.7 Å². The summed E-state index contributed by atoms with van der Waals surface area (Å²) in [5.41, 5.74) is 1.90. The third-order valence-electron chi connectivity index (χ3n) is 4.08. The van der Waals surface area contributed by atoms with Crippen LogP contribution in [0.25, 0.3) is 22.4 Å². The molecule has 0 fully saturated rings. The van der Waals surface area contributed by atoms with E-state index in [0.29, 0.717) is 5.82 Å². The summed E-state index contributed by atoms with van der Waals surface area (Å²) in [4.78, 5) is 44.9. The second kappa shape index (κ2) is 6.99. The van der Waals surface area contributed by atoms with Gasteiger partial charge in [-0.3, -0.25) is 18.7 Å². The van der Waals surface area contributed by atoms with Crippen molar-refractivity contribution in [3.8, 4) is 11.4 Å². The lowest BCUT2D eigenvalue weighted by atomic mass is 10.1. The van der Waals surface area contributed by atoms with Gasteiger partial charge in [0.2, 0.25) is 0 Å². The van der Waals surface area contributed by atoms with Crippen LogP contribution >= 0.6 is 11.8 Å². The van der Waals surface area contributed by atoms with E-state index < -0.39 is 17.2 Å². The molecule has 0 atom stereocenters. The van der Waals surface area contributed by atoms with Crippen molar-refractivity contribution >= 4 is 28.8 Å². The average Bonchev–Trinajstić information content (AvgIpc) is 2.61. The number of carboxylic acids is 1. The van der Waals surface area contributed by atoms with Crippen molar-refractivity contribution in [3.05, 3.63) is 50.2 Å². The summed E-state index contributed by atoms with van der Waals surface area (Å²) >= 11 is 0.933. The van der Waals surface area contributed by atoms with E-state index in [-0.39, 0.29) is 21.8 Å². The van der Waals surface area contributed by atoms with Gasteiger partial charge in [0.25, 0.3) is 5.56 Å². The molecule has 0 spiro atoms. The lowest BCUT2D eigenvalue weighted by molar-refractivity contribution is -0.133. The largest absolute Gasteiger partial charge is 0.481 e. The molecule has 2 aromatic heterocycles. The molecule has 0 unspecified atom stereocenters. The van der Waals surface area contributed by atoms with E-state index in [0.717, 1.165) is 33.0 Å². The van der Waals surface area contributed by atoms with E-state index in [1.807, 2.05) is 32.0 Å². The Morgan fingerprint density at radius 1 is 1.07 bits per heavy atom. The number of thioether (sulfide) groups is 1. The van der Waals surface area contributed by atoms with Crippen LogP contribution in [0.1, 0.15) is 11.1 Å². The maximum absolute atomic E-state index is 12.6. The van der Waals surface area contributed by atoms with E-state index in [1.165, 1.54) is 18.7 Å². The smallest absolute Gasteiger partial charge is 0.332 e. The highest BCUT2D eigenvalue weighted by atomic mass is 32.2. The Morgan fingerprint density at radius 3 is 2.30 bits per heavy atom. The Bertz CT molecular complexity index is 1180. The molecule has 3 aromatic rings. The normalized spacial score (nSPS) is 11.1. The standard InChI is InChI=1S/C18H18N4O4S/c1-9-5-10(2)7-11(6-9)14-19-15-13(16(20-14)27-8-12(23)24)17(25)22(4)18(26)21(15)3/h5-7H,8H2,1-4H3,(H,23,24). The molecule has 0 saturated carbocycles. The molecular formula is C18H18N4O4S. The fourth-order valence-corrected chi connectivity index (χ4v) is 3.63. The van der Waals surface area contributed by atoms with Crippen molar-refractivity contribution in [2.45, 2.75) is 18.9 Å². The zero-order valence-electron chi connectivity index (χ0n) is 15.3. The van der Waals surface area contributed by atoms with Crippen LogP contribution in [0.3, 0.4) is 0 Å². The summed E-state index contributed by atoms with van der Waals surface area (Å²) in [5.74, 6) is -0.948. The number of nitrogens with zero attached hydrogens (tertiary/aromatic N) is 4. The molecule has 2 heterocycles. The van der Waals surface area contributed by atoms with E-state index >= 15 is 0 Å². The Hall–Kier alpha value is -2.94. The van der Waals surface area contributed by atoms with Crippen LogP contribution in [0, 0.1) is 13.8 Å². The summed E-state index contributed by atoms with van der Waals surface area (Å²) in [6.07, 6.45) is 0. The highest BCUT2D eigenvalue weighted by Crippen LogP contribution is 2.27. The number of fused-ring (bicyclic) bond motifs is 1. The first-order valence-electron chi connectivity index (χ1n) is 8.10. The number of aryl methyl sites for hydroxylation is 3. The molecule has 0 bridgehead atoms. The Labute approximate surface area is 158 Å². The monoisotopic (exact) mass is 386 g/mol. The van der Waals surface area contributed by atoms with Gasteiger partial charge in [0.15, 0.2) is 11.5 Å². The van der Waals surface area contributed by atoms with E-state index in [1.54, 1.807) is 0 Å². The number of rotatable bonds is 4. The maximum Gasteiger partial charge on any atom is 0.332 e. The average molecular weight is 386 g/mol. The lowest BCUT2D eigenvalue weighted by Gasteiger charge is -2.12. The fourth-order valence-electron chi connectivity index (χ4n) is 2.90. The van der Waals surface area contributed by atoms with Crippen LogP contribution in [0.15, 0.2) is 32.8 Å². The molecule has 1 N–H and O–H groups in total. The molecular weight excluding hydrogens is 368 g/mol. The third kappa shape index (κ3) is 3.50. The molecule has 1 aromatic carbocycles. The Kier molecular flexibility index (Phi) is 4.88. The lowest BCUT2D eigenvalue weighted by Crippen LogP contribution is -2.37. The predicted octanol–water partition coefficient (Wildman–Crippen LogP) is 1.49. The van der Waals surface area contributed by atoms with Gasteiger partial charge in [0.05, 0.1) is 5.75 Å². The molecule has 0 saturated heterocycles. The second-order valence-electron chi connectivity index (χ2n) is 6.32. The fraction of sp³-hybridized carbons (Fsp3) is 0.278. The first-order valence-corrected chi connectivity index (χ1v) is 9.08. The summed E-state index contributed by atoms with van der Waals surface area (Å²) in [6.45, 7) is 3.90. The van der Waals surface area contributed by atoms with Crippen LogP contribution < -0.4 is 11.2 Å². The Morgan fingerprint density at radius 2 is 1.70 bits per heavy atom. The number of carbonyl (C=O) groups is 1. The minimum atomic E-state index is -1.03. The molecule has 27 heavy (non-hydrogen) atoms. The number of aliphatic carboxylic acids is 1.